The zero-order valence-corrected chi connectivity index (χ0v) is 11.1. The summed E-state index contributed by atoms with van der Waals surface area (Å²) >= 11 is 0. The maximum Gasteiger partial charge on any atom is 0.303 e. The summed E-state index contributed by atoms with van der Waals surface area (Å²) in [6.45, 7) is 4.24. The van der Waals surface area contributed by atoms with Crippen molar-refractivity contribution in [1.82, 2.24) is 9.88 Å². The SMILES string of the molecule is CCC(CNC(=O)c1ccc(C)n1C)CC(=O)O. The first-order valence-corrected chi connectivity index (χ1v) is 6.08. The van der Waals surface area contributed by atoms with Crippen LogP contribution in [0.25, 0.3) is 0 Å². The molecule has 1 amide bonds. The number of carboxylic acid groups (broad SMARTS) is 1. The van der Waals surface area contributed by atoms with Crippen LogP contribution < -0.4 is 5.32 Å². The monoisotopic (exact) mass is 252 g/mol. The largest absolute Gasteiger partial charge is 0.481 e. The molecule has 0 saturated heterocycles. The highest BCUT2D eigenvalue weighted by Gasteiger charge is 2.15. The first kappa shape index (κ1) is 14.3. The maximum atomic E-state index is 11.9. The van der Waals surface area contributed by atoms with Crippen molar-refractivity contribution < 1.29 is 14.7 Å². The highest BCUT2D eigenvalue weighted by molar-refractivity contribution is 5.92. The molecular formula is C13H20N2O3. The number of aryl methyl sites for hydroxylation is 1. The normalized spacial score (nSPS) is 12.2. The van der Waals surface area contributed by atoms with Gasteiger partial charge >= 0.3 is 5.97 Å². The molecule has 18 heavy (non-hydrogen) atoms. The van der Waals surface area contributed by atoms with Crippen LogP contribution in [-0.2, 0) is 11.8 Å². The Morgan fingerprint density at radius 1 is 1.44 bits per heavy atom. The summed E-state index contributed by atoms with van der Waals surface area (Å²) in [5.41, 5.74) is 1.61. The molecule has 1 rings (SSSR count). The Morgan fingerprint density at radius 2 is 2.11 bits per heavy atom. The van der Waals surface area contributed by atoms with E-state index in [1.807, 2.05) is 31.5 Å². The lowest BCUT2D eigenvalue weighted by Crippen LogP contribution is -2.31. The van der Waals surface area contributed by atoms with Gasteiger partial charge in [-0.3, -0.25) is 9.59 Å². The van der Waals surface area contributed by atoms with E-state index in [0.717, 1.165) is 12.1 Å². The molecule has 2 N–H and O–H groups in total. The van der Waals surface area contributed by atoms with Gasteiger partial charge in [-0.05, 0) is 25.0 Å². The number of hydrogen-bond acceptors (Lipinski definition) is 2. The Morgan fingerprint density at radius 3 is 2.56 bits per heavy atom. The predicted molar refractivity (Wildman–Crippen MR) is 68.5 cm³/mol. The van der Waals surface area contributed by atoms with Crippen LogP contribution in [0.2, 0.25) is 0 Å². The van der Waals surface area contributed by atoms with Crippen LogP contribution >= 0.6 is 0 Å². The third-order valence-corrected chi connectivity index (χ3v) is 3.20. The van der Waals surface area contributed by atoms with Gasteiger partial charge < -0.3 is 15.0 Å². The topological polar surface area (TPSA) is 71.3 Å². The Balaban J connectivity index is 2.55. The molecular weight excluding hydrogens is 232 g/mol. The number of carbonyl (C=O) groups is 2. The van der Waals surface area contributed by atoms with E-state index in [2.05, 4.69) is 5.32 Å². The van der Waals surface area contributed by atoms with Gasteiger partial charge in [-0.25, -0.2) is 0 Å². The smallest absolute Gasteiger partial charge is 0.303 e. The lowest BCUT2D eigenvalue weighted by Gasteiger charge is -2.13. The second-order valence-corrected chi connectivity index (χ2v) is 4.50. The number of hydrogen-bond donors (Lipinski definition) is 2. The number of carboxylic acids is 1. The van der Waals surface area contributed by atoms with Crippen LogP contribution in [0.5, 0.6) is 0 Å². The molecule has 0 radical (unpaired) electrons. The number of aromatic nitrogens is 1. The fourth-order valence-electron chi connectivity index (χ4n) is 1.78. The van der Waals surface area contributed by atoms with E-state index in [-0.39, 0.29) is 18.2 Å². The van der Waals surface area contributed by atoms with Crippen molar-refractivity contribution in [3.8, 4) is 0 Å². The standard InChI is InChI=1S/C13H20N2O3/c1-4-10(7-12(16)17)8-14-13(18)11-6-5-9(2)15(11)3/h5-6,10H,4,7-8H2,1-3H3,(H,14,18)(H,16,17). The van der Waals surface area contributed by atoms with Crippen molar-refractivity contribution in [1.29, 1.82) is 0 Å². The van der Waals surface area contributed by atoms with Crippen molar-refractivity contribution in [2.45, 2.75) is 26.7 Å². The van der Waals surface area contributed by atoms with Crippen molar-refractivity contribution in [3.05, 3.63) is 23.5 Å². The number of nitrogens with one attached hydrogen (secondary N) is 1. The van der Waals surface area contributed by atoms with E-state index >= 15 is 0 Å². The summed E-state index contributed by atoms with van der Waals surface area (Å²) in [5, 5.41) is 11.5. The molecule has 0 bridgehead atoms. The molecule has 1 aromatic rings. The van der Waals surface area contributed by atoms with Crippen molar-refractivity contribution in [2.24, 2.45) is 13.0 Å². The molecule has 1 aromatic heterocycles. The van der Waals surface area contributed by atoms with Crippen LogP contribution in [0.15, 0.2) is 12.1 Å². The highest BCUT2D eigenvalue weighted by Crippen LogP contribution is 2.09. The van der Waals surface area contributed by atoms with E-state index in [1.165, 1.54) is 0 Å². The molecule has 0 aromatic carbocycles. The van der Waals surface area contributed by atoms with Gasteiger partial charge in [0.2, 0.25) is 0 Å². The number of aliphatic carboxylic acids is 1. The minimum Gasteiger partial charge on any atom is -0.481 e. The van der Waals surface area contributed by atoms with E-state index in [9.17, 15) is 9.59 Å². The lowest BCUT2D eigenvalue weighted by molar-refractivity contribution is -0.138. The third-order valence-electron chi connectivity index (χ3n) is 3.20. The summed E-state index contributed by atoms with van der Waals surface area (Å²) in [5.74, 6) is -1.01. The number of nitrogens with zero attached hydrogens (tertiary/aromatic N) is 1. The van der Waals surface area contributed by atoms with Crippen molar-refractivity contribution in [2.75, 3.05) is 6.54 Å². The van der Waals surface area contributed by atoms with Crippen molar-refractivity contribution >= 4 is 11.9 Å². The molecule has 1 heterocycles. The van der Waals surface area contributed by atoms with Gasteiger partial charge in [0.05, 0.1) is 0 Å². The summed E-state index contributed by atoms with van der Waals surface area (Å²) in [4.78, 5) is 22.5. The van der Waals surface area contributed by atoms with Crippen LogP contribution in [0.3, 0.4) is 0 Å². The molecule has 0 saturated carbocycles. The van der Waals surface area contributed by atoms with Gasteiger partial charge in [-0.2, -0.15) is 0 Å². The van der Waals surface area contributed by atoms with Crippen LogP contribution in [-0.4, -0.2) is 28.1 Å². The molecule has 5 nitrogen and oxygen atoms in total. The summed E-state index contributed by atoms with van der Waals surface area (Å²) in [6.07, 6.45) is 0.821. The van der Waals surface area contributed by atoms with Crippen molar-refractivity contribution in [3.63, 3.8) is 0 Å². The minimum atomic E-state index is -0.828. The summed E-state index contributed by atoms with van der Waals surface area (Å²) in [6, 6.07) is 3.65. The van der Waals surface area contributed by atoms with Gasteiger partial charge in [0.25, 0.3) is 5.91 Å². The van der Waals surface area contributed by atoms with Gasteiger partial charge in [-0.15, -0.1) is 0 Å². The molecule has 1 unspecified atom stereocenters. The Labute approximate surface area is 107 Å². The Hall–Kier alpha value is -1.78. The average Bonchev–Trinajstić information content (AvgIpc) is 2.64. The molecule has 1 atom stereocenters. The number of amides is 1. The van der Waals surface area contributed by atoms with Gasteiger partial charge in [0.15, 0.2) is 0 Å². The van der Waals surface area contributed by atoms with E-state index in [4.69, 9.17) is 5.11 Å². The lowest BCUT2D eigenvalue weighted by atomic mass is 10.0. The number of rotatable bonds is 6. The quantitative estimate of drug-likeness (QED) is 0.807. The molecule has 0 aliphatic rings. The summed E-state index contributed by atoms with van der Waals surface area (Å²) in [7, 11) is 1.83. The first-order chi connectivity index (χ1) is 8.45. The zero-order chi connectivity index (χ0) is 13.7. The van der Waals surface area contributed by atoms with Crippen LogP contribution in [0, 0.1) is 12.8 Å². The molecule has 0 aliphatic carbocycles. The predicted octanol–water partition coefficient (Wildman–Crippen LogP) is 1.56. The molecule has 0 spiro atoms. The average molecular weight is 252 g/mol. The zero-order valence-electron chi connectivity index (χ0n) is 11.1. The van der Waals surface area contributed by atoms with Crippen LogP contribution in [0.4, 0.5) is 0 Å². The second kappa shape index (κ2) is 6.23. The van der Waals surface area contributed by atoms with E-state index in [1.54, 1.807) is 6.07 Å². The number of carbonyl (C=O) groups excluding carboxylic acids is 1. The van der Waals surface area contributed by atoms with E-state index in [0.29, 0.717) is 12.2 Å². The van der Waals surface area contributed by atoms with E-state index < -0.39 is 5.97 Å². The van der Waals surface area contributed by atoms with Gasteiger partial charge in [0, 0.05) is 25.7 Å². The second-order valence-electron chi connectivity index (χ2n) is 4.50. The highest BCUT2D eigenvalue weighted by atomic mass is 16.4. The van der Waals surface area contributed by atoms with Crippen LogP contribution in [0.1, 0.15) is 35.9 Å². The maximum absolute atomic E-state index is 11.9. The fraction of sp³-hybridized carbons (Fsp3) is 0.538. The molecule has 0 fully saturated rings. The minimum absolute atomic E-state index is 0.0205. The fourth-order valence-corrected chi connectivity index (χ4v) is 1.78. The molecule has 5 heteroatoms. The summed E-state index contributed by atoms with van der Waals surface area (Å²) < 4.78 is 1.81. The van der Waals surface area contributed by atoms with Gasteiger partial charge in [-0.1, -0.05) is 13.3 Å². The Bertz CT molecular complexity index is 437. The first-order valence-electron chi connectivity index (χ1n) is 6.08. The molecule has 0 aliphatic heterocycles. The Kier molecular flexibility index (Phi) is 4.95. The molecule has 100 valence electrons. The third kappa shape index (κ3) is 3.61. The van der Waals surface area contributed by atoms with Gasteiger partial charge in [0.1, 0.15) is 5.69 Å².